The number of pyridine rings is 1. The van der Waals surface area contributed by atoms with Crippen molar-refractivity contribution in [2.24, 2.45) is 0 Å². The van der Waals surface area contributed by atoms with E-state index in [1.165, 1.54) is 12.5 Å². The lowest BCUT2D eigenvalue weighted by Crippen LogP contribution is -2.31. The Morgan fingerprint density at radius 1 is 0.966 bits per heavy atom. The van der Waals surface area contributed by atoms with Crippen molar-refractivity contribution in [3.63, 3.8) is 0 Å². The fraction of sp³-hybridized carbons (Fsp3) is 0.208. The molecule has 1 N–H and O–H groups in total. The standard InChI is InChI=1S/C24H25N3O2/c1-17(2)27(16-19-7-5-4-6-8-19)23-15-21(13-14-25-23)24(29)26-22-11-9-20(10-12-22)18(3)28/h4-15,17H,16H2,1-3H3,(H,26,29). The molecule has 3 rings (SSSR count). The van der Waals surface area contributed by atoms with Gasteiger partial charge >= 0.3 is 0 Å². The highest BCUT2D eigenvalue weighted by Crippen LogP contribution is 2.20. The Bertz CT molecular complexity index is 983. The highest BCUT2D eigenvalue weighted by molar-refractivity contribution is 6.05. The van der Waals surface area contributed by atoms with Crippen LogP contribution in [-0.4, -0.2) is 22.7 Å². The molecule has 3 aromatic rings. The Morgan fingerprint density at radius 3 is 2.28 bits per heavy atom. The number of nitrogens with zero attached hydrogens (tertiary/aromatic N) is 2. The first-order valence-electron chi connectivity index (χ1n) is 9.63. The molecule has 0 aliphatic heterocycles. The Balaban J connectivity index is 1.78. The Hall–Kier alpha value is -3.47. The third-order valence-corrected chi connectivity index (χ3v) is 4.67. The minimum atomic E-state index is -0.215. The van der Waals surface area contributed by atoms with Crippen LogP contribution in [0.4, 0.5) is 11.5 Å². The zero-order chi connectivity index (χ0) is 20.8. The summed E-state index contributed by atoms with van der Waals surface area (Å²) >= 11 is 0. The summed E-state index contributed by atoms with van der Waals surface area (Å²) in [5, 5.41) is 2.87. The van der Waals surface area contributed by atoms with Crippen LogP contribution >= 0.6 is 0 Å². The fourth-order valence-electron chi connectivity index (χ4n) is 3.02. The Labute approximate surface area is 171 Å². The number of aromatic nitrogens is 1. The van der Waals surface area contributed by atoms with Crippen molar-refractivity contribution in [1.29, 1.82) is 0 Å². The van der Waals surface area contributed by atoms with E-state index in [2.05, 4.69) is 41.2 Å². The number of carbonyl (C=O) groups is 2. The second-order valence-electron chi connectivity index (χ2n) is 7.20. The van der Waals surface area contributed by atoms with E-state index < -0.39 is 0 Å². The molecule has 2 aromatic carbocycles. The van der Waals surface area contributed by atoms with E-state index >= 15 is 0 Å². The molecule has 0 fully saturated rings. The summed E-state index contributed by atoms with van der Waals surface area (Å²) in [4.78, 5) is 30.7. The van der Waals surface area contributed by atoms with Crippen LogP contribution in [0.3, 0.4) is 0 Å². The largest absolute Gasteiger partial charge is 0.350 e. The minimum Gasteiger partial charge on any atom is -0.350 e. The van der Waals surface area contributed by atoms with Gasteiger partial charge in [-0.25, -0.2) is 4.98 Å². The van der Waals surface area contributed by atoms with Gasteiger partial charge in [0.25, 0.3) is 5.91 Å². The summed E-state index contributed by atoms with van der Waals surface area (Å²) in [5.74, 6) is 0.532. The van der Waals surface area contributed by atoms with Gasteiger partial charge < -0.3 is 10.2 Å². The zero-order valence-electron chi connectivity index (χ0n) is 16.9. The molecule has 148 valence electrons. The molecule has 5 heteroatoms. The Morgan fingerprint density at radius 2 is 1.66 bits per heavy atom. The van der Waals surface area contributed by atoms with Crippen LogP contribution < -0.4 is 10.2 Å². The van der Waals surface area contributed by atoms with E-state index in [1.807, 2.05) is 24.3 Å². The van der Waals surface area contributed by atoms with Crippen molar-refractivity contribution >= 4 is 23.2 Å². The summed E-state index contributed by atoms with van der Waals surface area (Å²) in [6.07, 6.45) is 1.66. The van der Waals surface area contributed by atoms with Crippen molar-refractivity contribution in [1.82, 2.24) is 4.98 Å². The number of benzene rings is 2. The smallest absolute Gasteiger partial charge is 0.255 e. The number of Topliss-reactive ketones (excluding diaryl/α,β-unsaturated/α-hetero) is 1. The number of ketones is 1. The molecule has 0 spiro atoms. The van der Waals surface area contributed by atoms with Crippen LogP contribution in [0.15, 0.2) is 72.9 Å². The molecule has 0 radical (unpaired) electrons. The molecule has 29 heavy (non-hydrogen) atoms. The van der Waals surface area contributed by atoms with Crippen LogP contribution in [0.1, 0.15) is 47.1 Å². The summed E-state index contributed by atoms with van der Waals surface area (Å²) in [7, 11) is 0. The van der Waals surface area contributed by atoms with E-state index in [9.17, 15) is 9.59 Å². The van der Waals surface area contributed by atoms with Gasteiger partial charge in [-0.1, -0.05) is 30.3 Å². The fourth-order valence-corrected chi connectivity index (χ4v) is 3.02. The molecule has 1 heterocycles. The summed E-state index contributed by atoms with van der Waals surface area (Å²) in [5.41, 5.74) is 2.97. The molecular formula is C24H25N3O2. The highest BCUT2D eigenvalue weighted by atomic mass is 16.1. The number of anilines is 2. The molecule has 0 atom stereocenters. The second-order valence-corrected chi connectivity index (χ2v) is 7.20. The van der Waals surface area contributed by atoms with Crippen molar-refractivity contribution in [3.8, 4) is 0 Å². The number of hydrogen-bond donors (Lipinski definition) is 1. The summed E-state index contributed by atoms with van der Waals surface area (Å²) in [6.45, 7) is 6.44. The predicted octanol–water partition coefficient (Wildman–Crippen LogP) is 4.95. The quantitative estimate of drug-likeness (QED) is 0.583. The second kappa shape index (κ2) is 9.15. The molecule has 0 saturated carbocycles. The molecule has 0 unspecified atom stereocenters. The van der Waals surface area contributed by atoms with Crippen molar-refractivity contribution in [2.75, 3.05) is 10.2 Å². The molecule has 1 aromatic heterocycles. The molecule has 0 bridgehead atoms. The van der Waals surface area contributed by atoms with Crippen molar-refractivity contribution < 1.29 is 9.59 Å². The van der Waals surface area contributed by atoms with Gasteiger partial charge in [0.2, 0.25) is 0 Å². The van der Waals surface area contributed by atoms with Gasteiger partial charge in [-0.05, 0) is 62.7 Å². The third-order valence-electron chi connectivity index (χ3n) is 4.67. The number of rotatable bonds is 7. The first-order chi connectivity index (χ1) is 13.9. The van der Waals surface area contributed by atoms with Gasteiger partial charge in [0.1, 0.15) is 5.82 Å². The predicted molar refractivity (Wildman–Crippen MR) is 116 cm³/mol. The summed E-state index contributed by atoms with van der Waals surface area (Å²) < 4.78 is 0. The van der Waals surface area contributed by atoms with Crippen LogP contribution in [0.2, 0.25) is 0 Å². The maximum Gasteiger partial charge on any atom is 0.255 e. The average molecular weight is 387 g/mol. The lowest BCUT2D eigenvalue weighted by atomic mass is 10.1. The molecule has 0 saturated heterocycles. The van der Waals surface area contributed by atoms with Crippen molar-refractivity contribution in [3.05, 3.63) is 89.6 Å². The maximum absolute atomic E-state index is 12.7. The van der Waals surface area contributed by atoms with E-state index in [0.717, 1.165) is 5.82 Å². The van der Waals surface area contributed by atoms with Crippen LogP contribution in [0, 0.1) is 0 Å². The number of amides is 1. The van der Waals surface area contributed by atoms with Gasteiger partial charge in [0, 0.05) is 35.6 Å². The Kier molecular flexibility index (Phi) is 6.39. The van der Waals surface area contributed by atoms with E-state index in [-0.39, 0.29) is 17.7 Å². The average Bonchev–Trinajstić information content (AvgIpc) is 2.73. The highest BCUT2D eigenvalue weighted by Gasteiger charge is 2.15. The molecule has 0 aliphatic rings. The van der Waals surface area contributed by atoms with Gasteiger partial charge in [-0.15, -0.1) is 0 Å². The number of hydrogen-bond acceptors (Lipinski definition) is 4. The zero-order valence-corrected chi connectivity index (χ0v) is 16.9. The summed E-state index contributed by atoms with van der Waals surface area (Å²) in [6, 6.07) is 20.8. The third kappa shape index (κ3) is 5.29. The first-order valence-corrected chi connectivity index (χ1v) is 9.63. The normalized spacial score (nSPS) is 10.6. The number of carbonyl (C=O) groups excluding carboxylic acids is 2. The SMILES string of the molecule is CC(=O)c1ccc(NC(=O)c2ccnc(N(Cc3ccccc3)C(C)C)c2)cc1. The van der Waals surface area contributed by atoms with Crippen LogP contribution in [-0.2, 0) is 6.54 Å². The van der Waals surface area contributed by atoms with Gasteiger partial charge in [0.15, 0.2) is 5.78 Å². The van der Waals surface area contributed by atoms with E-state index in [0.29, 0.717) is 23.4 Å². The van der Waals surface area contributed by atoms with E-state index in [1.54, 1.807) is 36.5 Å². The molecular weight excluding hydrogens is 362 g/mol. The minimum absolute atomic E-state index is 0.00570. The first kappa shape index (κ1) is 20.3. The maximum atomic E-state index is 12.7. The van der Waals surface area contributed by atoms with Gasteiger partial charge in [-0.2, -0.15) is 0 Å². The van der Waals surface area contributed by atoms with Crippen LogP contribution in [0.5, 0.6) is 0 Å². The monoisotopic (exact) mass is 387 g/mol. The number of nitrogens with one attached hydrogen (secondary N) is 1. The molecule has 5 nitrogen and oxygen atoms in total. The lowest BCUT2D eigenvalue weighted by molar-refractivity contribution is 0.101. The lowest BCUT2D eigenvalue weighted by Gasteiger charge is -2.28. The van der Waals surface area contributed by atoms with Gasteiger partial charge in [0.05, 0.1) is 0 Å². The molecule has 0 aliphatic carbocycles. The van der Waals surface area contributed by atoms with Crippen LogP contribution in [0.25, 0.3) is 0 Å². The van der Waals surface area contributed by atoms with Gasteiger partial charge in [-0.3, -0.25) is 9.59 Å². The topological polar surface area (TPSA) is 62.3 Å². The van der Waals surface area contributed by atoms with Crippen molar-refractivity contribution in [2.45, 2.75) is 33.4 Å². The van der Waals surface area contributed by atoms with E-state index in [4.69, 9.17) is 0 Å². The molecule has 1 amide bonds.